The fourth-order valence-electron chi connectivity index (χ4n) is 6.11. The number of carbonyl (C=O) groups is 3. The fourth-order valence-corrected chi connectivity index (χ4v) is 6.11. The molecule has 282 valence electrons. The summed E-state index contributed by atoms with van der Waals surface area (Å²) in [6.07, 6.45) is 2.91. The van der Waals surface area contributed by atoms with Crippen molar-refractivity contribution in [1.29, 1.82) is 0 Å². The first-order valence-electron chi connectivity index (χ1n) is 18.0. The number of hydrogen-bond donors (Lipinski definition) is 2. The molecule has 4 aromatic rings. The van der Waals surface area contributed by atoms with Crippen molar-refractivity contribution in [2.45, 2.75) is 39.5 Å². The van der Waals surface area contributed by atoms with Crippen LogP contribution in [0, 0.1) is 13.8 Å². The molecule has 3 amide bonds. The maximum Gasteiger partial charge on any atom is 0.258 e. The van der Waals surface area contributed by atoms with Crippen LogP contribution in [0.5, 0.6) is 11.5 Å². The van der Waals surface area contributed by atoms with Crippen LogP contribution in [0.25, 0.3) is 11.1 Å². The van der Waals surface area contributed by atoms with Gasteiger partial charge in [-0.25, -0.2) is 0 Å². The molecule has 0 saturated carbocycles. The van der Waals surface area contributed by atoms with Gasteiger partial charge in [0.05, 0.1) is 38.3 Å². The van der Waals surface area contributed by atoms with Gasteiger partial charge in [0.25, 0.3) is 11.8 Å². The summed E-state index contributed by atoms with van der Waals surface area (Å²) in [5.41, 5.74) is 5.94. The molecular weight excluding hydrogens is 692 g/mol. The highest BCUT2D eigenvalue weighted by Crippen LogP contribution is 2.33. The number of benzene rings is 4. The first kappa shape index (κ1) is 40.9. The van der Waals surface area contributed by atoms with Crippen LogP contribution in [-0.2, 0) is 9.53 Å². The highest BCUT2D eigenvalue weighted by molar-refractivity contribution is 6.10. The number of morpholine rings is 1. The largest absolute Gasteiger partial charge is 0.495 e. The number of nitrogens with zero attached hydrogens (tertiary/aromatic N) is 2. The molecule has 2 N–H and O–H groups in total. The summed E-state index contributed by atoms with van der Waals surface area (Å²) in [5.74, 6) is 0.515. The fraction of sp³-hybridized carbons (Fsp3) is 0.357. The van der Waals surface area contributed by atoms with Crippen molar-refractivity contribution in [3.8, 4) is 22.6 Å². The molecule has 1 fully saturated rings. The molecule has 4 aromatic carbocycles. The summed E-state index contributed by atoms with van der Waals surface area (Å²) < 4.78 is 17.2. The molecule has 5 rings (SSSR count). The van der Waals surface area contributed by atoms with Crippen molar-refractivity contribution < 1.29 is 28.6 Å². The molecule has 0 unspecified atom stereocenters. The Kier molecular flexibility index (Phi) is 15.7. The standard InChI is InChI=1S/C42H50N4O6.ClH/c1-30-13-16-32(17-14-30)34-10-7-8-11-35(34)41(48)44-36-19-18-33(29-38(36)50-4)42(49)45(3)37-20-15-31(2)28-39(37)52-25-9-5-6-12-40(47)43-21-22-46-23-26-51-27-24-46;/h7-8,10-11,13-20,28-29H,5-6,9,12,21-27H2,1-4H3,(H,43,47)(H,44,48);1H. The number of nitrogens with one attached hydrogen (secondary N) is 2. The van der Waals surface area contributed by atoms with Crippen molar-refractivity contribution in [3.63, 3.8) is 0 Å². The van der Waals surface area contributed by atoms with E-state index in [-0.39, 0.29) is 30.1 Å². The first-order chi connectivity index (χ1) is 25.2. The number of aryl methyl sites for hydroxylation is 2. The Morgan fingerprint density at radius 2 is 1.58 bits per heavy atom. The van der Waals surface area contributed by atoms with Crippen molar-refractivity contribution in [3.05, 3.63) is 107 Å². The number of anilines is 2. The van der Waals surface area contributed by atoms with Crippen molar-refractivity contribution in [2.24, 2.45) is 0 Å². The predicted molar refractivity (Wildman–Crippen MR) is 213 cm³/mol. The first-order valence-corrected chi connectivity index (χ1v) is 18.0. The van der Waals surface area contributed by atoms with E-state index in [9.17, 15) is 14.4 Å². The molecule has 0 radical (unpaired) electrons. The van der Waals surface area contributed by atoms with Gasteiger partial charge < -0.3 is 29.7 Å². The lowest BCUT2D eigenvalue weighted by molar-refractivity contribution is -0.121. The Morgan fingerprint density at radius 3 is 2.34 bits per heavy atom. The van der Waals surface area contributed by atoms with Crippen LogP contribution in [0.2, 0.25) is 0 Å². The highest BCUT2D eigenvalue weighted by Gasteiger charge is 2.21. The van der Waals surface area contributed by atoms with Crippen LogP contribution in [0.1, 0.15) is 57.5 Å². The van der Waals surface area contributed by atoms with E-state index < -0.39 is 0 Å². The zero-order chi connectivity index (χ0) is 36.9. The lowest BCUT2D eigenvalue weighted by atomic mass is 9.98. The monoisotopic (exact) mass is 742 g/mol. The van der Waals surface area contributed by atoms with Crippen molar-refractivity contribution in [1.82, 2.24) is 10.2 Å². The molecule has 11 heteroatoms. The van der Waals surface area contributed by atoms with Gasteiger partial charge in [0, 0.05) is 50.8 Å². The van der Waals surface area contributed by atoms with E-state index in [1.807, 2.05) is 74.5 Å². The third-order valence-corrected chi connectivity index (χ3v) is 9.17. The molecule has 1 aliphatic rings. The summed E-state index contributed by atoms with van der Waals surface area (Å²) >= 11 is 0. The third-order valence-electron chi connectivity index (χ3n) is 9.17. The number of ether oxygens (including phenoxy) is 3. The normalized spacial score (nSPS) is 12.7. The van der Waals surface area contributed by atoms with Crippen LogP contribution in [0.3, 0.4) is 0 Å². The molecule has 0 aromatic heterocycles. The molecule has 10 nitrogen and oxygen atoms in total. The van der Waals surface area contributed by atoms with Gasteiger partial charge in [-0.05, 0) is 86.2 Å². The van der Waals surface area contributed by atoms with Crippen molar-refractivity contribution in [2.75, 3.05) is 70.4 Å². The van der Waals surface area contributed by atoms with E-state index in [1.54, 1.807) is 36.2 Å². The average Bonchev–Trinajstić information content (AvgIpc) is 3.16. The average molecular weight is 743 g/mol. The van der Waals surface area contributed by atoms with Crippen molar-refractivity contribution >= 4 is 41.5 Å². The number of rotatable bonds is 16. The van der Waals surface area contributed by atoms with E-state index in [4.69, 9.17) is 14.2 Å². The number of carbonyl (C=O) groups excluding carboxylic acids is 3. The smallest absolute Gasteiger partial charge is 0.258 e. The third kappa shape index (κ3) is 11.5. The second-order valence-electron chi connectivity index (χ2n) is 13.1. The van der Waals surface area contributed by atoms with Gasteiger partial charge in [0.1, 0.15) is 11.5 Å². The topological polar surface area (TPSA) is 109 Å². The maximum atomic E-state index is 13.8. The Hall–Kier alpha value is -4.90. The van der Waals surface area contributed by atoms with Gasteiger partial charge in [0.2, 0.25) is 5.91 Å². The molecule has 53 heavy (non-hydrogen) atoms. The minimum atomic E-state index is -0.283. The highest BCUT2D eigenvalue weighted by atomic mass is 35.5. The Balaban J connectivity index is 0.00000627. The van der Waals surface area contributed by atoms with E-state index in [0.29, 0.717) is 53.6 Å². The molecular formula is C42H51ClN4O6. The van der Waals surface area contributed by atoms with E-state index in [2.05, 4.69) is 15.5 Å². The Labute approximate surface area is 319 Å². The maximum absolute atomic E-state index is 13.8. The summed E-state index contributed by atoms with van der Waals surface area (Å²) in [5, 5.41) is 5.98. The number of halogens is 1. The molecule has 0 aliphatic carbocycles. The Bertz CT molecular complexity index is 1830. The Morgan fingerprint density at radius 1 is 0.849 bits per heavy atom. The SMILES string of the molecule is COc1cc(C(=O)N(C)c2ccc(C)cc2OCCCCCC(=O)NCCN2CCOCC2)ccc1NC(=O)c1ccccc1-c1ccc(C)cc1.Cl. The van der Waals surface area contributed by atoms with Gasteiger partial charge in [-0.2, -0.15) is 0 Å². The molecule has 0 spiro atoms. The van der Waals surface area contributed by atoms with Gasteiger partial charge >= 0.3 is 0 Å². The van der Waals surface area contributed by atoms with Gasteiger partial charge in [-0.1, -0.05) is 54.1 Å². The van der Waals surface area contributed by atoms with Gasteiger partial charge in [-0.3, -0.25) is 19.3 Å². The zero-order valence-corrected chi connectivity index (χ0v) is 31.9. The summed E-state index contributed by atoms with van der Waals surface area (Å²) in [4.78, 5) is 43.4. The van der Waals surface area contributed by atoms with E-state index in [0.717, 1.165) is 74.4 Å². The number of methoxy groups -OCH3 is 1. The van der Waals surface area contributed by atoms with Crippen LogP contribution in [0.4, 0.5) is 11.4 Å². The number of amides is 3. The summed E-state index contributed by atoms with van der Waals surface area (Å²) in [6.45, 7) is 9.31. The zero-order valence-electron chi connectivity index (χ0n) is 31.1. The molecule has 0 bridgehead atoms. The molecule has 1 aliphatic heterocycles. The minimum Gasteiger partial charge on any atom is -0.495 e. The second-order valence-corrected chi connectivity index (χ2v) is 13.1. The molecule has 0 atom stereocenters. The molecule has 1 saturated heterocycles. The van der Waals surface area contributed by atoms with E-state index in [1.165, 1.54) is 7.11 Å². The predicted octanol–water partition coefficient (Wildman–Crippen LogP) is 7.32. The lowest BCUT2D eigenvalue weighted by Crippen LogP contribution is -2.41. The van der Waals surface area contributed by atoms with Crippen LogP contribution < -0.4 is 25.0 Å². The second kappa shape index (κ2) is 20.4. The summed E-state index contributed by atoms with van der Waals surface area (Å²) in [7, 11) is 3.22. The van der Waals surface area contributed by atoms with Gasteiger partial charge in [-0.15, -0.1) is 12.4 Å². The number of hydrogen-bond acceptors (Lipinski definition) is 7. The van der Waals surface area contributed by atoms with Gasteiger partial charge in [0.15, 0.2) is 0 Å². The minimum absolute atomic E-state index is 0. The molecule has 1 heterocycles. The van der Waals surface area contributed by atoms with Crippen LogP contribution >= 0.6 is 12.4 Å². The van der Waals surface area contributed by atoms with Crippen LogP contribution in [-0.4, -0.2) is 82.8 Å². The number of unbranched alkanes of at least 4 members (excludes halogenated alkanes) is 2. The lowest BCUT2D eigenvalue weighted by Gasteiger charge is -2.26. The quantitative estimate of drug-likeness (QED) is 0.116. The van der Waals surface area contributed by atoms with Crippen LogP contribution in [0.15, 0.2) is 84.9 Å². The summed E-state index contributed by atoms with van der Waals surface area (Å²) in [6, 6.07) is 26.2. The van der Waals surface area contributed by atoms with E-state index >= 15 is 0 Å².